The van der Waals surface area contributed by atoms with Gasteiger partial charge in [0, 0.05) is 6.42 Å². The molecular weight excluding hydrogens is 247 g/mol. The number of nitrogens with zero attached hydrogens (tertiary/aromatic N) is 1. The Labute approximate surface area is 101 Å². The molecule has 0 aliphatic carbocycles. The standard InChI is InChI=1S/C12H10F3NO2/c13-12(14,15)9-6-10(17)16(11(9)18)7-8-4-2-1-3-5-8/h1-5,9H,6-7H2. The molecule has 0 spiro atoms. The van der Waals surface area contributed by atoms with E-state index < -0.39 is 30.3 Å². The van der Waals surface area contributed by atoms with E-state index in [4.69, 9.17) is 0 Å². The van der Waals surface area contributed by atoms with E-state index in [1.807, 2.05) is 0 Å². The third-order valence-corrected chi connectivity index (χ3v) is 2.82. The van der Waals surface area contributed by atoms with E-state index in [1.165, 1.54) is 0 Å². The van der Waals surface area contributed by atoms with E-state index in [2.05, 4.69) is 0 Å². The predicted molar refractivity (Wildman–Crippen MR) is 56.2 cm³/mol. The lowest BCUT2D eigenvalue weighted by atomic mass is 10.1. The number of benzene rings is 1. The Balaban J connectivity index is 2.16. The van der Waals surface area contributed by atoms with Gasteiger partial charge in [0.2, 0.25) is 11.8 Å². The lowest BCUT2D eigenvalue weighted by Gasteiger charge is -2.16. The Hall–Kier alpha value is -1.85. The maximum absolute atomic E-state index is 12.5. The molecule has 1 aliphatic heterocycles. The third kappa shape index (κ3) is 2.37. The van der Waals surface area contributed by atoms with Crippen molar-refractivity contribution in [1.29, 1.82) is 0 Å². The Morgan fingerprint density at radius 3 is 2.28 bits per heavy atom. The summed E-state index contributed by atoms with van der Waals surface area (Å²) in [5, 5.41) is 0. The van der Waals surface area contributed by atoms with Crippen LogP contribution >= 0.6 is 0 Å². The fourth-order valence-corrected chi connectivity index (χ4v) is 1.87. The lowest BCUT2D eigenvalue weighted by Crippen LogP contribution is -2.34. The molecule has 2 rings (SSSR count). The number of halogens is 3. The molecule has 0 saturated carbocycles. The second-order valence-electron chi connectivity index (χ2n) is 4.10. The molecule has 2 amide bonds. The van der Waals surface area contributed by atoms with E-state index in [1.54, 1.807) is 30.3 Å². The van der Waals surface area contributed by atoms with Crippen molar-refractivity contribution in [3.8, 4) is 0 Å². The highest BCUT2D eigenvalue weighted by molar-refractivity contribution is 6.03. The van der Waals surface area contributed by atoms with Gasteiger partial charge in [0.25, 0.3) is 0 Å². The normalized spacial score (nSPS) is 20.6. The highest BCUT2D eigenvalue weighted by Gasteiger charge is 2.53. The Bertz CT molecular complexity index is 470. The van der Waals surface area contributed by atoms with Crippen molar-refractivity contribution in [1.82, 2.24) is 4.90 Å². The number of imide groups is 1. The van der Waals surface area contributed by atoms with E-state index in [-0.39, 0.29) is 6.54 Å². The summed E-state index contributed by atoms with van der Waals surface area (Å²) in [6.07, 6.45) is -5.44. The second kappa shape index (κ2) is 4.44. The number of amides is 2. The van der Waals surface area contributed by atoms with Gasteiger partial charge in [-0.05, 0) is 5.56 Å². The molecule has 1 saturated heterocycles. The summed E-state index contributed by atoms with van der Waals surface area (Å²) in [7, 11) is 0. The van der Waals surface area contributed by atoms with Gasteiger partial charge < -0.3 is 0 Å². The van der Waals surface area contributed by atoms with Gasteiger partial charge >= 0.3 is 6.18 Å². The van der Waals surface area contributed by atoms with Crippen LogP contribution in [0, 0.1) is 5.92 Å². The first-order valence-electron chi connectivity index (χ1n) is 5.34. The van der Waals surface area contributed by atoms with Crippen molar-refractivity contribution in [2.45, 2.75) is 19.1 Å². The van der Waals surface area contributed by atoms with Crippen molar-refractivity contribution in [3.63, 3.8) is 0 Å². The quantitative estimate of drug-likeness (QED) is 0.761. The molecular formula is C12H10F3NO2. The molecule has 0 bridgehead atoms. The summed E-state index contributed by atoms with van der Waals surface area (Å²) >= 11 is 0. The van der Waals surface area contributed by atoms with Crippen LogP contribution in [0.3, 0.4) is 0 Å². The Kier molecular flexibility index (Phi) is 3.11. The average Bonchev–Trinajstić information content (AvgIpc) is 2.58. The summed E-state index contributed by atoms with van der Waals surface area (Å²) in [4.78, 5) is 23.7. The summed E-state index contributed by atoms with van der Waals surface area (Å²) < 4.78 is 37.5. The highest BCUT2D eigenvalue weighted by atomic mass is 19.4. The van der Waals surface area contributed by atoms with Crippen molar-refractivity contribution in [2.24, 2.45) is 5.92 Å². The summed E-state index contributed by atoms with van der Waals surface area (Å²) in [6.45, 7) is -0.106. The van der Waals surface area contributed by atoms with Crippen molar-refractivity contribution in [2.75, 3.05) is 0 Å². The molecule has 0 radical (unpaired) electrons. The zero-order valence-corrected chi connectivity index (χ0v) is 9.28. The van der Waals surface area contributed by atoms with Gasteiger partial charge in [-0.1, -0.05) is 30.3 Å². The van der Waals surface area contributed by atoms with Gasteiger partial charge in [-0.2, -0.15) is 13.2 Å². The molecule has 1 aromatic carbocycles. The van der Waals surface area contributed by atoms with Gasteiger partial charge in [0.1, 0.15) is 5.92 Å². The smallest absolute Gasteiger partial charge is 0.278 e. The van der Waals surface area contributed by atoms with Crippen LogP contribution < -0.4 is 0 Å². The number of hydrogen-bond donors (Lipinski definition) is 0. The molecule has 1 heterocycles. The fourth-order valence-electron chi connectivity index (χ4n) is 1.87. The molecule has 6 heteroatoms. The van der Waals surface area contributed by atoms with Crippen LogP contribution in [-0.4, -0.2) is 22.9 Å². The number of carbonyl (C=O) groups excluding carboxylic acids is 2. The van der Waals surface area contributed by atoms with Gasteiger partial charge in [-0.15, -0.1) is 0 Å². The van der Waals surface area contributed by atoms with E-state index >= 15 is 0 Å². The molecule has 1 aromatic rings. The van der Waals surface area contributed by atoms with E-state index in [9.17, 15) is 22.8 Å². The summed E-state index contributed by atoms with van der Waals surface area (Å²) in [5.41, 5.74) is 0.627. The number of hydrogen-bond acceptors (Lipinski definition) is 2. The number of rotatable bonds is 2. The molecule has 96 valence electrons. The number of alkyl halides is 3. The molecule has 1 aliphatic rings. The van der Waals surface area contributed by atoms with E-state index in [0.29, 0.717) is 10.5 Å². The van der Waals surface area contributed by atoms with Gasteiger partial charge in [0.15, 0.2) is 0 Å². The fraction of sp³-hybridized carbons (Fsp3) is 0.333. The molecule has 1 unspecified atom stereocenters. The lowest BCUT2D eigenvalue weighted by molar-refractivity contribution is -0.181. The topological polar surface area (TPSA) is 37.4 Å². The minimum Gasteiger partial charge on any atom is -0.278 e. The Morgan fingerprint density at radius 2 is 1.78 bits per heavy atom. The van der Waals surface area contributed by atoms with Crippen LogP contribution in [0.1, 0.15) is 12.0 Å². The monoisotopic (exact) mass is 257 g/mol. The van der Waals surface area contributed by atoms with Crippen LogP contribution in [0.15, 0.2) is 30.3 Å². The first-order valence-corrected chi connectivity index (χ1v) is 5.34. The van der Waals surface area contributed by atoms with Crippen LogP contribution in [-0.2, 0) is 16.1 Å². The molecule has 0 N–H and O–H groups in total. The molecule has 1 atom stereocenters. The number of likely N-dealkylation sites (tertiary alicyclic amines) is 1. The second-order valence-corrected chi connectivity index (χ2v) is 4.10. The third-order valence-electron chi connectivity index (χ3n) is 2.82. The zero-order chi connectivity index (χ0) is 13.3. The summed E-state index contributed by atoms with van der Waals surface area (Å²) in [5.74, 6) is -4.11. The highest BCUT2D eigenvalue weighted by Crippen LogP contribution is 2.35. The molecule has 1 fully saturated rings. The predicted octanol–water partition coefficient (Wildman–Crippen LogP) is 2.12. The van der Waals surface area contributed by atoms with Crippen molar-refractivity contribution >= 4 is 11.8 Å². The van der Waals surface area contributed by atoms with Crippen molar-refractivity contribution in [3.05, 3.63) is 35.9 Å². The van der Waals surface area contributed by atoms with Gasteiger partial charge in [-0.25, -0.2) is 0 Å². The van der Waals surface area contributed by atoms with Crippen LogP contribution in [0.5, 0.6) is 0 Å². The number of carbonyl (C=O) groups is 2. The maximum atomic E-state index is 12.5. The zero-order valence-electron chi connectivity index (χ0n) is 9.28. The van der Waals surface area contributed by atoms with Crippen molar-refractivity contribution < 1.29 is 22.8 Å². The Morgan fingerprint density at radius 1 is 1.17 bits per heavy atom. The maximum Gasteiger partial charge on any atom is 0.401 e. The molecule has 3 nitrogen and oxygen atoms in total. The van der Waals surface area contributed by atoms with Crippen LogP contribution in [0.4, 0.5) is 13.2 Å². The van der Waals surface area contributed by atoms with Gasteiger partial charge in [0.05, 0.1) is 6.54 Å². The molecule has 18 heavy (non-hydrogen) atoms. The molecule has 0 aromatic heterocycles. The minimum absolute atomic E-state index is 0.106. The minimum atomic E-state index is -4.65. The van der Waals surface area contributed by atoms with E-state index in [0.717, 1.165) is 0 Å². The summed E-state index contributed by atoms with van der Waals surface area (Å²) in [6, 6.07) is 8.45. The first kappa shape index (κ1) is 12.6. The largest absolute Gasteiger partial charge is 0.401 e. The SMILES string of the molecule is O=C1CC(C(F)(F)F)C(=O)N1Cc1ccccc1. The average molecular weight is 257 g/mol. The van der Waals surface area contributed by atoms with Crippen LogP contribution in [0.25, 0.3) is 0 Å². The first-order chi connectivity index (χ1) is 8.39. The van der Waals surface area contributed by atoms with Gasteiger partial charge in [-0.3, -0.25) is 14.5 Å². The van der Waals surface area contributed by atoms with Crippen LogP contribution in [0.2, 0.25) is 0 Å².